The first kappa shape index (κ1) is 19.0. The molecule has 1 N–H and O–H groups in total. The van der Waals surface area contributed by atoms with Gasteiger partial charge in [-0.1, -0.05) is 31.9 Å². The van der Waals surface area contributed by atoms with Crippen molar-refractivity contribution in [2.45, 2.75) is 70.5 Å². The zero-order valence-electron chi connectivity index (χ0n) is 16.7. The van der Waals surface area contributed by atoms with Crippen LogP contribution in [0.4, 0.5) is 5.69 Å². The van der Waals surface area contributed by atoms with Crippen LogP contribution < -0.4 is 10.2 Å². The minimum absolute atomic E-state index is 0.00937. The van der Waals surface area contributed by atoms with Crippen LogP contribution in [-0.4, -0.2) is 40.9 Å². The van der Waals surface area contributed by atoms with E-state index in [-0.39, 0.29) is 30.2 Å². The molecule has 2 heterocycles. The first-order valence-corrected chi connectivity index (χ1v) is 10.5. The number of nitrogens with zero attached hydrogens (tertiary/aromatic N) is 2. The van der Waals surface area contributed by atoms with Gasteiger partial charge in [-0.05, 0) is 44.2 Å². The fourth-order valence-electron chi connectivity index (χ4n) is 5.06. The van der Waals surface area contributed by atoms with E-state index >= 15 is 0 Å². The van der Waals surface area contributed by atoms with E-state index in [4.69, 9.17) is 0 Å². The van der Waals surface area contributed by atoms with Crippen molar-refractivity contribution < 1.29 is 14.4 Å². The number of carbonyl (C=O) groups excluding carboxylic acids is 3. The normalized spacial score (nSPS) is 29.5. The zero-order valence-corrected chi connectivity index (χ0v) is 16.7. The molecule has 3 amide bonds. The largest absolute Gasteiger partial charge is 0.353 e. The molecule has 0 spiro atoms. The lowest BCUT2D eigenvalue weighted by atomic mass is 9.86. The maximum Gasteiger partial charge on any atom is 0.257 e. The van der Waals surface area contributed by atoms with Crippen LogP contribution in [0.15, 0.2) is 24.3 Å². The van der Waals surface area contributed by atoms with Gasteiger partial charge >= 0.3 is 0 Å². The Balaban J connectivity index is 1.50. The lowest BCUT2D eigenvalue weighted by Crippen LogP contribution is -2.62. The number of amides is 3. The number of benzene rings is 1. The van der Waals surface area contributed by atoms with Gasteiger partial charge in [0.05, 0.1) is 11.3 Å². The average molecular weight is 383 g/mol. The van der Waals surface area contributed by atoms with Crippen LogP contribution in [0.2, 0.25) is 0 Å². The third-order valence-electron chi connectivity index (χ3n) is 6.77. The summed E-state index contributed by atoms with van der Waals surface area (Å²) >= 11 is 0. The summed E-state index contributed by atoms with van der Waals surface area (Å²) in [5.41, 5.74) is 0.534. The van der Waals surface area contributed by atoms with Gasteiger partial charge in [-0.3, -0.25) is 19.3 Å². The van der Waals surface area contributed by atoms with Crippen molar-refractivity contribution in [3.05, 3.63) is 29.8 Å². The van der Waals surface area contributed by atoms with Crippen LogP contribution in [0, 0.1) is 5.92 Å². The Kier molecular flexibility index (Phi) is 4.89. The van der Waals surface area contributed by atoms with E-state index < -0.39 is 5.66 Å². The van der Waals surface area contributed by atoms with Gasteiger partial charge < -0.3 is 10.2 Å². The van der Waals surface area contributed by atoms with E-state index in [0.29, 0.717) is 36.6 Å². The maximum absolute atomic E-state index is 13.2. The molecule has 1 aliphatic carbocycles. The molecular weight excluding hydrogens is 354 g/mol. The summed E-state index contributed by atoms with van der Waals surface area (Å²) in [5, 5.41) is 3.17. The van der Waals surface area contributed by atoms with Crippen LogP contribution in [0.3, 0.4) is 0 Å². The fraction of sp³-hybridized carbons (Fsp3) is 0.591. The van der Waals surface area contributed by atoms with Gasteiger partial charge in [-0.25, -0.2) is 0 Å². The van der Waals surface area contributed by atoms with Crippen molar-refractivity contribution in [1.82, 2.24) is 10.2 Å². The third kappa shape index (κ3) is 3.09. The first-order valence-electron chi connectivity index (χ1n) is 10.5. The highest BCUT2D eigenvalue weighted by molar-refractivity contribution is 6.10. The number of carbonyl (C=O) groups is 3. The highest BCUT2D eigenvalue weighted by atomic mass is 16.2. The smallest absolute Gasteiger partial charge is 0.257 e. The number of hydrogen-bond acceptors (Lipinski definition) is 3. The molecule has 3 unspecified atom stereocenters. The van der Waals surface area contributed by atoms with Gasteiger partial charge in [-0.2, -0.15) is 0 Å². The van der Waals surface area contributed by atoms with Gasteiger partial charge in [0.2, 0.25) is 11.8 Å². The lowest BCUT2D eigenvalue weighted by molar-refractivity contribution is -0.122. The zero-order chi connectivity index (χ0) is 19.9. The van der Waals surface area contributed by atoms with Crippen molar-refractivity contribution in [3.8, 4) is 0 Å². The number of rotatable bonds is 4. The molecule has 28 heavy (non-hydrogen) atoms. The Morgan fingerprint density at radius 2 is 1.96 bits per heavy atom. The summed E-state index contributed by atoms with van der Waals surface area (Å²) in [6.07, 6.45) is 5.84. The van der Waals surface area contributed by atoms with Gasteiger partial charge in [-0.15, -0.1) is 0 Å². The predicted molar refractivity (Wildman–Crippen MR) is 107 cm³/mol. The maximum atomic E-state index is 13.2. The molecule has 1 saturated heterocycles. The molecule has 0 bridgehead atoms. The quantitative estimate of drug-likeness (QED) is 0.869. The Morgan fingerprint density at radius 1 is 1.21 bits per heavy atom. The molecule has 2 aliphatic heterocycles. The Hall–Kier alpha value is -2.37. The van der Waals surface area contributed by atoms with Crippen LogP contribution in [0.5, 0.6) is 0 Å². The second-order valence-electron chi connectivity index (χ2n) is 8.61. The molecule has 2 fully saturated rings. The second kappa shape index (κ2) is 7.22. The van der Waals surface area contributed by atoms with E-state index in [9.17, 15) is 14.4 Å². The Bertz CT molecular complexity index is 808. The van der Waals surface area contributed by atoms with Crippen molar-refractivity contribution >= 4 is 23.4 Å². The van der Waals surface area contributed by atoms with Crippen molar-refractivity contribution in [2.75, 3.05) is 11.4 Å². The molecule has 4 rings (SSSR count). The van der Waals surface area contributed by atoms with Crippen molar-refractivity contribution in [3.63, 3.8) is 0 Å². The monoisotopic (exact) mass is 383 g/mol. The summed E-state index contributed by atoms with van der Waals surface area (Å²) in [5.74, 6) is 0.433. The number of para-hydroxylation sites is 1. The number of nitrogens with one attached hydrogen (secondary N) is 1. The van der Waals surface area contributed by atoms with Gasteiger partial charge in [0.15, 0.2) is 0 Å². The van der Waals surface area contributed by atoms with Crippen LogP contribution >= 0.6 is 0 Å². The summed E-state index contributed by atoms with van der Waals surface area (Å²) in [6, 6.07) is 7.50. The molecule has 150 valence electrons. The van der Waals surface area contributed by atoms with Crippen LogP contribution in [0.25, 0.3) is 0 Å². The first-order chi connectivity index (χ1) is 13.4. The summed E-state index contributed by atoms with van der Waals surface area (Å²) < 4.78 is 0. The predicted octanol–water partition coefficient (Wildman–Crippen LogP) is 3.07. The van der Waals surface area contributed by atoms with Gasteiger partial charge in [0, 0.05) is 25.4 Å². The highest BCUT2D eigenvalue weighted by Gasteiger charge is 2.52. The van der Waals surface area contributed by atoms with Crippen LogP contribution in [-0.2, 0) is 9.59 Å². The summed E-state index contributed by atoms with van der Waals surface area (Å²) in [4.78, 5) is 41.8. The number of anilines is 1. The van der Waals surface area contributed by atoms with Crippen LogP contribution in [0.1, 0.15) is 69.2 Å². The number of fused-ring (bicyclic) bond motifs is 3. The van der Waals surface area contributed by atoms with Crippen molar-refractivity contribution in [2.24, 2.45) is 5.92 Å². The molecule has 1 aromatic carbocycles. The van der Waals surface area contributed by atoms with Gasteiger partial charge in [0.25, 0.3) is 5.91 Å². The minimum atomic E-state index is -0.694. The average Bonchev–Trinajstić information content (AvgIpc) is 2.99. The number of hydrogen-bond donors (Lipinski definition) is 1. The second-order valence-corrected chi connectivity index (χ2v) is 8.61. The Labute approximate surface area is 166 Å². The molecule has 6 heteroatoms. The van der Waals surface area contributed by atoms with Gasteiger partial charge in [0.1, 0.15) is 5.66 Å². The molecule has 1 saturated carbocycles. The molecule has 1 aromatic rings. The van der Waals surface area contributed by atoms with E-state index in [1.807, 2.05) is 25.1 Å². The molecular formula is C22H29N3O3. The summed E-state index contributed by atoms with van der Waals surface area (Å²) in [6.45, 7) is 4.45. The summed E-state index contributed by atoms with van der Waals surface area (Å²) in [7, 11) is 0. The molecule has 0 aromatic heterocycles. The van der Waals surface area contributed by atoms with Crippen molar-refractivity contribution in [1.29, 1.82) is 0 Å². The Morgan fingerprint density at radius 3 is 2.75 bits per heavy atom. The van der Waals surface area contributed by atoms with E-state index in [2.05, 4.69) is 12.2 Å². The third-order valence-corrected chi connectivity index (χ3v) is 6.77. The minimum Gasteiger partial charge on any atom is -0.353 e. The fourth-order valence-corrected chi connectivity index (χ4v) is 5.06. The lowest BCUT2D eigenvalue weighted by Gasteiger charge is -2.48. The highest BCUT2D eigenvalue weighted by Crippen LogP contribution is 2.43. The van der Waals surface area contributed by atoms with E-state index in [1.54, 1.807) is 15.9 Å². The topological polar surface area (TPSA) is 69.7 Å². The molecule has 0 radical (unpaired) electrons. The molecule has 3 aliphatic rings. The standard InChI is InChI=1S/C22H29N3O3/c1-15-7-3-5-9-17(15)23-19(26)12-14-24-21(28)16-8-4-6-10-18(16)25-20(27)11-13-22(24,25)2/h4,6,8,10,15,17H,3,5,7,9,11-14H2,1-2H3,(H,23,26). The molecule has 3 atom stereocenters. The molecule has 6 nitrogen and oxygen atoms in total. The van der Waals surface area contributed by atoms with E-state index in [0.717, 1.165) is 19.3 Å². The SMILES string of the molecule is CC1CCCCC1NC(=O)CCN1C(=O)c2ccccc2N2C(=O)CCC12C. The van der Waals surface area contributed by atoms with E-state index in [1.165, 1.54) is 6.42 Å².